The first-order valence-corrected chi connectivity index (χ1v) is 3.74. The van der Waals surface area contributed by atoms with E-state index in [1.165, 1.54) is 0 Å². The molecule has 0 bridgehead atoms. The minimum absolute atomic E-state index is 0.400. The van der Waals surface area contributed by atoms with Crippen molar-refractivity contribution in [3.05, 3.63) is 0 Å². The summed E-state index contributed by atoms with van der Waals surface area (Å²) in [6.07, 6.45) is -2.21. The van der Waals surface area contributed by atoms with E-state index >= 15 is 0 Å². The summed E-state index contributed by atoms with van der Waals surface area (Å²) in [6.45, 7) is 1.13. The van der Waals surface area contributed by atoms with E-state index in [0.29, 0.717) is 0 Å². The number of aliphatic hydroxyl groups is 1. The fourth-order valence-corrected chi connectivity index (χ4v) is 0.408. The second kappa shape index (κ2) is 5.92. The molecule has 0 amide bonds. The van der Waals surface area contributed by atoms with Crippen LogP contribution >= 0.6 is 0 Å². The summed E-state index contributed by atoms with van der Waals surface area (Å²) in [5.74, 6) is -3.26. The van der Waals surface area contributed by atoms with Crippen LogP contribution in [0.15, 0.2) is 0 Å². The summed E-state index contributed by atoms with van der Waals surface area (Å²) < 4.78 is 0. The maximum atomic E-state index is 10.6. The molecular formula is C7H10O7. The van der Waals surface area contributed by atoms with E-state index in [0.717, 1.165) is 6.92 Å². The van der Waals surface area contributed by atoms with Gasteiger partial charge < -0.3 is 10.2 Å². The summed E-state index contributed by atoms with van der Waals surface area (Å²) in [6, 6.07) is 0. The van der Waals surface area contributed by atoms with Crippen molar-refractivity contribution in [2.75, 3.05) is 0 Å². The third kappa shape index (κ3) is 5.95. The highest BCUT2D eigenvalue weighted by Crippen LogP contribution is 1.95. The SMILES string of the molecule is CC(O)C(=O)OOC(=O)CCC(=O)O. The van der Waals surface area contributed by atoms with Crippen LogP contribution in [0.25, 0.3) is 0 Å². The number of carbonyl (C=O) groups is 3. The van der Waals surface area contributed by atoms with Crippen molar-refractivity contribution in [2.24, 2.45) is 0 Å². The number of hydrogen-bond donors (Lipinski definition) is 2. The summed E-state index contributed by atoms with van der Waals surface area (Å²) in [7, 11) is 0. The molecule has 0 rings (SSSR count). The summed E-state index contributed by atoms with van der Waals surface area (Å²) in [4.78, 5) is 38.9. The van der Waals surface area contributed by atoms with Gasteiger partial charge in [-0.2, -0.15) is 0 Å². The quantitative estimate of drug-likeness (QED) is 0.459. The largest absolute Gasteiger partial charge is 0.481 e. The smallest absolute Gasteiger partial charge is 0.383 e. The minimum atomic E-state index is -1.40. The Bertz CT molecular complexity index is 232. The number of rotatable bonds is 4. The molecule has 0 aliphatic heterocycles. The van der Waals surface area contributed by atoms with Crippen LogP contribution in [0.5, 0.6) is 0 Å². The summed E-state index contributed by atoms with van der Waals surface area (Å²) in [5, 5.41) is 16.8. The van der Waals surface area contributed by atoms with Crippen LogP contribution in [0.1, 0.15) is 19.8 Å². The lowest BCUT2D eigenvalue weighted by atomic mass is 10.3. The van der Waals surface area contributed by atoms with E-state index in [-0.39, 0.29) is 0 Å². The van der Waals surface area contributed by atoms with Crippen LogP contribution in [0.2, 0.25) is 0 Å². The lowest BCUT2D eigenvalue weighted by molar-refractivity contribution is -0.264. The molecule has 0 aliphatic carbocycles. The topological polar surface area (TPSA) is 110 Å². The number of aliphatic carboxylic acids is 1. The van der Waals surface area contributed by atoms with Crippen molar-refractivity contribution >= 4 is 17.9 Å². The van der Waals surface area contributed by atoms with E-state index < -0.39 is 36.9 Å². The molecule has 1 unspecified atom stereocenters. The Morgan fingerprint density at radius 1 is 1.21 bits per heavy atom. The molecule has 0 heterocycles. The molecule has 1 atom stereocenters. The van der Waals surface area contributed by atoms with E-state index in [9.17, 15) is 14.4 Å². The summed E-state index contributed by atoms with van der Waals surface area (Å²) in [5.41, 5.74) is 0. The second-order valence-corrected chi connectivity index (χ2v) is 2.43. The van der Waals surface area contributed by atoms with Gasteiger partial charge in [-0.1, -0.05) is 0 Å². The van der Waals surface area contributed by atoms with Crippen LogP contribution in [-0.2, 0) is 24.2 Å². The van der Waals surface area contributed by atoms with Gasteiger partial charge in [0.1, 0.15) is 0 Å². The lowest BCUT2D eigenvalue weighted by Gasteiger charge is -2.03. The standard InChI is InChI=1S/C7H10O7/c1-4(8)7(12)14-13-6(11)3-2-5(9)10/h4,8H,2-3H2,1H3,(H,9,10). The zero-order chi connectivity index (χ0) is 11.1. The molecule has 80 valence electrons. The highest BCUT2D eigenvalue weighted by atomic mass is 17.2. The number of carboxylic acids is 1. The third-order valence-corrected chi connectivity index (χ3v) is 1.10. The minimum Gasteiger partial charge on any atom is -0.481 e. The van der Waals surface area contributed by atoms with Crippen molar-refractivity contribution in [1.82, 2.24) is 0 Å². The Kier molecular flexibility index (Phi) is 5.23. The fourth-order valence-electron chi connectivity index (χ4n) is 0.408. The predicted octanol–water partition coefficient (Wildman–Crippen LogP) is -0.767. The van der Waals surface area contributed by atoms with Crippen molar-refractivity contribution < 1.29 is 34.4 Å². The van der Waals surface area contributed by atoms with Crippen LogP contribution < -0.4 is 0 Å². The highest BCUT2D eigenvalue weighted by Gasteiger charge is 2.15. The molecule has 7 nitrogen and oxygen atoms in total. The molecule has 0 aliphatic rings. The first kappa shape index (κ1) is 12.4. The second-order valence-electron chi connectivity index (χ2n) is 2.43. The zero-order valence-electron chi connectivity index (χ0n) is 7.43. The van der Waals surface area contributed by atoms with Gasteiger partial charge in [-0.3, -0.25) is 4.79 Å². The molecule has 0 aromatic heterocycles. The maximum absolute atomic E-state index is 10.6. The van der Waals surface area contributed by atoms with E-state index in [1.807, 2.05) is 0 Å². The van der Waals surface area contributed by atoms with Crippen LogP contribution in [-0.4, -0.2) is 34.2 Å². The Labute approximate surface area is 79.2 Å². The third-order valence-electron chi connectivity index (χ3n) is 1.10. The van der Waals surface area contributed by atoms with Crippen LogP contribution in [0, 0.1) is 0 Å². The van der Waals surface area contributed by atoms with Gasteiger partial charge in [-0.15, -0.1) is 0 Å². The molecule has 14 heavy (non-hydrogen) atoms. The molecule has 0 saturated heterocycles. The Morgan fingerprint density at radius 2 is 1.79 bits per heavy atom. The molecule has 0 radical (unpaired) electrons. The average Bonchev–Trinajstić information content (AvgIpc) is 2.10. The molecule has 0 aromatic rings. The van der Waals surface area contributed by atoms with Gasteiger partial charge in [-0.25, -0.2) is 19.4 Å². The van der Waals surface area contributed by atoms with Gasteiger partial charge in [0.2, 0.25) is 0 Å². The molecule has 0 saturated carbocycles. The first-order valence-electron chi connectivity index (χ1n) is 3.74. The van der Waals surface area contributed by atoms with Gasteiger partial charge in [0, 0.05) is 0 Å². The lowest BCUT2D eigenvalue weighted by Crippen LogP contribution is -2.21. The number of carboxylic acid groups (broad SMARTS) is 1. The van der Waals surface area contributed by atoms with Gasteiger partial charge in [0.25, 0.3) is 0 Å². The van der Waals surface area contributed by atoms with Crippen molar-refractivity contribution in [3.8, 4) is 0 Å². The predicted molar refractivity (Wildman–Crippen MR) is 40.7 cm³/mol. The maximum Gasteiger partial charge on any atom is 0.383 e. The number of carbonyl (C=O) groups excluding carboxylic acids is 2. The van der Waals surface area contributed by atoms with Gasteiger partial charge in [-0.05, 0) is 6.92 Å². The molecule has 0 fully saturated rings. The monoisotopic (exact) mass is 206 g/mol. The fraction of sp³-hybridized carbons (Fsp3) is 0.571. The highest BCUT2D eigenvalue weighted by molar-refractivity contribution is 5.78. The average molecular weight is 206 g/mol. The number of hydrogen-bond acceptors (Lipinski definition) is 6. The number of aliphatic hydroxyl groups excluding tert-OH is 1. The van der Waals surface area contributed by atoms with E-state index in [4.69, 9.17) is 10.2 Å². The van der Waals surface area contributed by atoms with Crippen molar-refractivity contribution in [1.29, 1.82) is 0 Å². The van der Waals surface area contributed by atoms with Crippen molar-refractivity contribution in [2.45, 2.75) is 25.9 Å². The van der Waals surface area contributed by atoms with E-state index in [2.05, 4.69) is 9.78 Å². The Hall–Kier alpha value is -1.63. The Morgan fingerprint density at radius 3 is 2.21 bits per heavy atom. The molecule has 7 heteroatoms. The normalized spacial score (nSPS) is 11.6. The summed E-state index contributed by atoms with van der Waals surface area (Å²) >= 11 is 0. The van der Waals surface area contributed by atoms with Crippen LogP contribution in [0.4, 0.5) is 0 Å². The van der Waals surface area contributed by atoms with Crippen LogP contribution in [0.3, 0.4) is 0 Å². The van der Waals surface area contributed by atoms with Gasteiger partial charge in [0.15, 0.2) is 6.10 Å². The molecular weight excluding hydrogens is 196 g/mol. The molecule has 2 N–H and O–H groups in total. The van der Waals surface area contributed by atoms with E-state index in [1.54, 1.807) is 0 Å². The van der Waals surface area contributed by atoms with Gasteiger partial charge in [0.05, 0.1) is 12.8 Å². The Balaban J connectivity index is 3.64. The zero-order valence-corrected chi connectivity index (χ0v) is 7.43. The first-order chi connectivity index (χ1) is 6.43. The van der Waals surface area contributed by atoms with Gasteiger partial charge >= 0.3 is 17.9 Å². The van der Waals surface area contributed by atoms with Crippen molar-refractivity contribution in [3.63, 3.8) is 0 Å². The molecule has 0 aromatic carbocycles. The molecule has 0 spiro atoms.